The number of imide groups is 1. The van der Waals surface area contributed by atoms with Crippen molar-refractivity contribution in [2.75, 3.05) is 24.5 Å². The van der Waals surface area contributed by atoms with Crippen LogP contribution >= 0.6 is 0 Å². The van der Waals surface area contributed by atoms with Gasteiger partial charge in [0, 0.05) is 63.7 Å². The van der Waals surface area contributed by atoms with Gasteiger partial charge in [-0.3, -0.25) is 33.8 Å². The zero-order valence-electron chi connectivity index (χ0n) is 32.2. The molecule has 57 heavy (non-hydrogen) atoms. The van der Waals surface area contributed by atoms with Gasteiger partial charge in [-0.25, -0.2) is 9.78 Å². The van der Waals surface area contributed by atoms with E-state index in [9.17, 15) is 24.3 Å². The number of hydrogen-bond acceptors (Lipinski definition) is 12. The Morgan fingerprint density at radius 3 is 2.65 bits per heavy atom. The molecule has 1 unspecified atom stereocenters. The number of anilines is 1. The number of para-hydroxylation sites is 1. The molecule has 298 valence electrons. The number of pyridine rings is 1. The van der Waals surface area contributed by atoms with E-state index in [1.807, 2.05) is 42.6 Å². The molecule has 15 nitrogen and oxygen atoms in total. The monoisotopic (exact) mass is 774 g/mol. The number of likely N-dealkylation sites (tertiary alicyclic amines) is 1. The molecule has 15 heteroatoms. The smallest absolute Gasteiger partial charge is 0.329 e. The minimum atomic E-state index is -0.692. The zero-order valence-corrected chi connectivity index (χ0v) is 32.2. The van der Waals surface area contributed by atoms with Gasteiger partial charge in [-0.2, -0.15) is 5.10 Å². The van der Waals surface area contributed by atoms with Crippen LogP contribution in [0.4, 0.5) is 5.82 Å². The molecule has 3 atom stereocenters. The predicted molar refractivity (Wildman–Crippen MR) is 219 cm³/mol. The lowest BCUT2D eigenvalue weighted by Crippen LogP contribution is -2.44. The molecular formula is C42H50N10O5. The number of piperazine rings is 1. The van der Waals surface area contributed by atoms with Gasteiger partial charge in [0.15, 0.2) is 5.78 Å². The molecule has 5 N–H and O–H groups in total. The van der Waals surface area contributed by atoms with Crippen molar-refractivity contribution in [2.24, 2.45) is 23.0 Å². The Morgan fingerprint density at radius 2 is 1.86 bits per heavy atom. The lowest BCUT2D eigenvalue weighted by atomic mass is 10.1. The van der Waals surface area contributed by atoms with E-state index >= 15 is 0 Å². The molecule has 0 saturated carbocycles. The Balaban J connectivity index is 0.795. The van der Waals surface area contributed by atoms with Gasteiger partial charge < -0.3 is 26.1 Å². The number of aromatic nitrogens is 3. The number of fused-ring (bicyclic) bond motifs is 3. The van der Waals surface area contributed by atoms with Gasteiger partial charge in [-0.15, -0.1) is 0 Å². The molecule has 3 fully saturated rings. The van der Waals surface area contributed by atoms with Crippen LogP contribution in [0.25, 0.3) is 11.0 Å². The van der Waals surface area contributed by atoms with Gasteiger partial charge in [0.1, 0.15) is 17.6 Å². The number of nitrogens with one attached hydrogen (secondary N) is 2. The standard InChI is InChI=1S/C42H50N10O5/c1-49-36-21-28(14-15-34(36)52(42(49)57)35-16-17-40(55)47-41(35)56)23-44-19-7-3-2-4-9-30(48-43)25-45-24-29-10-8-13-39(46-29)51-27-31-22-32(51)26-50(31)20-18-38(54)33-11-5-6-12-37(33)53/h5-6,8,10-15,18,20-21,25,31-32,35,44,53H,2-4,7,9,16-17,19,22-24,26-27,43H2,1H3,(H,47,55,56)/b20-18+,45-25?,48-30-/t31-,32-,35?/m1/s1. The van der Waals surface area contributed by atoms with Crippen LogP contribution in [0.2, 0.25) is 0 Å². The number of nitrogens with zero attached hydrogens (tertiary/aromatic N) is 7. The Morgan fingerprint density at radius 1 is 1.02 bits per heavy atom. The van der Waals surface area contributed by atoms with Crippen molar-refractivity contribution in [2.45, 2.75) is 82.6 Å². The summed E-state index contributed by atoms with van der Waals surface area (Å²) in [6, 6.07) is 18.3. The molecule has 7 rings (SSSR count). The first kappa shape index (κ1) is 39.2. The fraction of sp³-hybridized carbons (Fsp3) is 0.405. The number of phenolic OH excluding ortho intramolecular Hbond substituents is 1. The van der Waals surface area contributed by atoms with E-state index in [0.29, 0.717) is 42.7 Å². The number of carbonyl (C=O) groups is 3. The highest BCUT2D eigenvalue weighted by molar-refractivity contribution is 6.30. The van der Waals surface area contributed by atoms with E-state index in [2.05, 4.69) is 30.5 Å². The Kier molecular flexibility index (Phi) is 12.2. The maximum absolute atomic E-state index is 13.0. The molecule has 0 radical (unpaired) electrons. The summed E-state index contributed by atoms with van der Waals surface area (Å²) < 4.78 is 3.06. The molecule has 4 aromatic rings. The van der Waals surface area contributed by atoms with Crippen molar-refractivity contribution < 1.29 is 19.5 Å². The zero-order chi connectivity index (χ0) is 39.9. The van der Waals surface area contributed by atoms with Gasteiger partial charge in [0.2, 0.25) is 11.8 Å². The first-order valence-electron chi connectivity index (χ1n) is 19.7. The summed E-state index contributed by atoms with van der Waals surface area (Å²) in [6.45, 7) is 3.57. The van der Waals surface area contributed by atoms with Crippen LogP contribution in [-0.4, -0.2) is 85.4 Å². The molecule has 2 bridgehead atoms. The van der Waals surface area contributed by atoms with Crippen molar-refractivity contribution in [3.8, 4) is 5.75 Å². The number of hydrogen-bond donors (Lipinski definition) is 4. The number of allylic oxidation sites excluding steroid dienone is 1. The number of imidazole rings is 1. The molecule has 0 spiro atoms. The number of aliphatic imine (C=N–C) groups is 1. The number of benzene rings is 2. The van der Waals surface area contributed by atoms with Crippen molar-refractivity contribution >= 4 is 46.4 Å². The predicted octanol–water partition coefficient (Wildman–Crippen LogP) is 3.70. The van der Waals surface area contributed by atoms with Gasteiger partial charge in [-0.05, 0) is 80.6 Å². The van der Waals surface area contributed by atoms with E-state index in [0.717, 1.165) is 86.5 Å². The molecule has 2 aromatic heterocycles. The van der Waals surface area contributed by atoms with E-state index in [-0.39, 0.29) is 29.6 Å². The number of nitrogens with two attached hydrogens (primary N) is 1. The van der Waals surface area contributed by atoms with Crippen LogP contribution in [0, 0.1) is 0 Å². The summed E-state index contributed by atoms with van der Waals surface area (Å²) in [5.74, 6) is 5.66. The van der Waals surface area contributed by atoms with Crippen molar-refractivity contribution in [1.29, 1.82) is 0 Å². The number of amides is 2. The fourth-order valence-electron chi connectivity index (χ4n) is 8.11. The average Bonchev–Trinajstić information content (AvgIpc) is 3.89. The number of aryl methyl sites for hydroxylation is 1. The minimum absolute atomic E-state index is 0.00945. The Labute approximate surface area is 331 Å². The van der Waals surface area contributed by atoms with Gasteiger partial charge in [-0.1, -0.05) is 37.1 Å². The van der Waals surface area contributed by atoms with Crippen molar-refractivity contribution in [3.63, 3.8) is 0 Å². The van der Waals surface area contributed by atoms with Gasteiger partial charge in [0.25, 0.3) is 0 Å². The third-order valence-corrected chi connectivity index (χ3v) is 11.2. The molecule has 0 aliphatic carbocycles. The number of unbranched alkanes of at least 4 members (excludes halogenated alkanes) is 3. The van der Waals surface area contributed by atoms with Gasteiger partial charge >= 0.3 is 5.69 Å². The van der Waals surface area contributed by atoms with E-state index in [4.69, 9.17) is 10.8 Å². The van der Waals surface area contributed by atoms with Crippen LogP contribution in [0.1, 0.15) is 79.0 Å². The van der Waals surface area contributed by atoms with Crippen LogP contribution in [-0.2, 0) is 29.7 Å². The summed E-state index contributed by atoms with van der Waals surface area (Å²) in [7, 11) is 1.70. The normalized spacial score (nSPS) is 19.8. The molecule has 2 aromatic carbocycles. The fourth-order valence-corrected chi connectivity index (χ4v) is 8.11. The average molecular weight is 775 g/mol. The number of ketones is 1. The molecule has 5 heterocycles. The number of phenols is 1. The van der Waals surface area contributed by atoms with Gasteiger partial charge in [0.05, 0.1) is 34.5 Å². The van der Waals surface area contributed by atoms with Crippen molar-refractivity contribution in [3.05, 3.63) is 100 Å². The highest BCUT2D eigenvalue weighted by Gasteiger charge is 2.42. The molecule has 2 amide bonds. The van der Waals surface area contributed by atoms with E-state index in [1.165, 1.54) is 10.6 Å². The number of hydrazone groups is 1. The topological polar surface area (TPSA) is 193 Å². The minimum Gasteiger partial charge on any atom is -0.507 e. The molecule has 3 aliphatic rings. The number of piperidine rings is 1. The summed E-state index contributed by atoms with van der Waals surface area (Å²) in [5.41, 5.74) is 4.14. The largest absolute Gasteiger partial charge is 0.507 e. The lowest BCUT2D eigenvalue weighted by molar-refractivity contribution is -0.135. The third kappa shape index (κ3) is 8.99. The first-order valence-corrected chi connectivity index (χ1v) is 19.7. The number of aromatic hydroxyl groups is 1. The van der Waals surface area contributed by atoms with Crippen LogP contribution in [0.5, 0.6) is 5.75 Å². The number of rotatable bonds is 17. The Bertz CT molecular complexity index is 2280. The van der Waals surface area contributed by atoms with Crippen LogP contribution in [0.15, 0.2) is 87.8 Å². The second-order valence-electron chi connectivity index (χ2n) is 15.0. The van der Waals surface area contributed by atoms with Crippen molar-refractivity contribution in [1.82, 2.24) is 29.7 Å². The quantitative estimate of drug-likeness (QED) is 0.0234. The number of carbonyl (C=O) groups excluding carboxylic acids is 3. The molecule has 3 saturated heterocycles. The first-order chi connectivity index (χ1) is 27.7. The highest BCUT2D eigenvalue weighted by atomic mass is 16.3. The van der Waals surface area contributed by atoms with E-state index < -0.39 is 11.9 Å². The second kappa shape index (κ2) is 17.8. The maximum Gasteiger partial charge on any atom is 0.329 e. The SMILES string of the molecule is Cn1c(=O)n(C2CCC(=O)NC2=O)c2ccc(CNCCCCCC/C(C=NCc3cccc(N4C[C@H]5C[C@@H]4CN5/C=C/C(=O)c4ccccc4O)n3)=N/N)cc21. The Hall–Kier alpha value is -6.09. The highest BCUT2D eigenvalue weighted by Crippen LogP contribution is 2.34. The molecule has 3 aliphatic heterocycles. The summed E-state index contributed by atoms with van der Waals surface area (Å²) in [6.07, 6.45) is 11.5. The van der Waals surface area contributed by atoms with Crippen LogP contribution in [0.3, 0.4) is 0 Å². The second-order valence-corrected chi connectivity index (χ2v) is 15.0. The third-order valence-electron chi connectivity index (χ3n) is 11.2. The summed E-state index contributed by atoms with van der Waals surface area (Å²) >= 11 is 0. The van der Waals surface area contributed by atoms with E-state index in [1.54, 1.807) is 42.1 Å². The summed E-state index contributed by atoms with van der Waals surface area (Å²) in [5, 5.41) is 19.8. The molecular weight excluding hydrogens is 725 g/mol. The van der Waals surface area contributed by atoms with Crippen LogP contribution < -0.4 is 27.1 Å². The summed E-state index contributed by atoms with van der Waals surface area (Å²) in [4.78, 5) is 63.7. The maximum atomic E-state index is 13.0. The lowest BCUT2D eigenvalue weighted by Gasteiger charge is -2.34.